The lowest BCUT2D eigenvalue weighted by Crippen LogP contribution is -2.39. The van der Waals surface area contributed by atoms with Crippen molar-refractivity contribution in [1.82, 2.24) is 4.72 Å². The Bertz CT molecular complexity index is 333. The van der Waals surface area contributed by atoms with E-state index in [9.17, 15) is 13.2 Å². The van der Waals surface area contributed by atoms with Gasteiger partial charge in [0.2, 0.25) is 10.0 Å². The Morgan fingerprint density at radius 1 is 1.38 bits per heavy atom. The van der Waals surface area contributed by atoms with E-state index in [1.165, 1.54) is 13.3 Å². The fourth-order valence-electron chi connectivity index (χ4n) is 1.88. The van der Waals surface area contributed by atoms with E-state index in [4.69, 9.17) is 5.11 Å². The predicted molar refractivity (Wildman–Crippen MR) is 60.6 cm³/mol. The lowest BCUT2D eigenvalue weighted by molar-refractivity contribution is -0.136. The summed E-state index contributed by atoms with van der Waals surface area (Å²) < 4.78 is 25.4. The standard InChI is InChI=1S/C10H19NO4S/c1-8(10(12)13)16(14,15)11-7-9-5-3-2-4-6-9/h8-9,11H,2-7H2,1H3,(H,12,13). The first-order valence-electron chi connectivity index (χ1n) is 5.65. The van der Waals surface area contributed by atoms with Gasteiger partial charge in [0.1, 0.15) is 0 Å². The third kappa shape index (κ3) is 3.75. The summed E-state index contributed by atoms with van der Waals surface area (Å²) in [5.41, 5.74) is 0. The van der Waals surface area contributed by atoms with Gasteiger partial charge in [-0.15, -0.1) is 0 Å². The third-order valence-electron chi connectivity index (χ3n) is 3.11. The number of hydrogen-bond acceptors (Lipinski definition) is 3. The molecule has 1 unspecified atom stereocenters. The minimum atomic E-state index is -3.71. The van der Waals surface area contributed by atoms with Gasteiger partial charge < -0.3 is 5.11 Å². The lowest BCUT2D eigenvalue weighted by Gasteiger charge is -2.22. The smallest absolute Gasteiger partial charge is 0.323 e. The highest BCUT2D eigenvalue weighted by Crippen LogP contribution is 2.23. The molecule has 1 aliphatic rings. The number of carboxylic acids is 1. The van der Waals surface area contributed by atoms with Gasteiger partial charge >= 0.3 is 5.97 Å². The van der Waals surface area contributed by atoms with E-state index in [0.717, 1.165) is 25.7 Å². The lowest BCUT2D eigenvalue weighted by atomic mass is 9.90. The first kappa shape index (κ1) is 13.4. The van der Waals surface area contributed by atoms with Gasteiger partial charge in [-0.3, -0.25) is 4.79 Å². The number of nitrogens with one attached hydrogen (secondary N) is 1. The molecule has 1 saturated carbocycles. The minimum absolute atomic E-state index is 0.365. The largest absolute Gasteiger partial charge is 0.480 e. The van der Waals surface area contributed by atoms with Gasteiger partial charge in [0, 0.05) is 6.54 Å². The highest BCUT2D eigenvalue weighted by atomic mass is 32.2. The van der Waals surface area contributed by atoms with Crippen LogP contribution in [0.5, 0.6) is 0 Å². The molecular formula is C10H19NO4S. The molecule has 0 bridgehead atoms. The summed E-state index contributed by atoms with van der Waals surface area (Å²) in [4.78, 5) is 10.6. The maximum Gasteiger partial charge on any atom is 0.323 e. The summed E-state index contributed by atoms with van der Waals surface area (Å²) in [7, 11) is -3.71. The van der Waals surface area contributed by atoms with E-state index in [1.807, 2.05) is 0 Å². The number of sulfonamides is 1. The van der Waals surface area contributed by atoms with Crippen LogP contribution in [0.15, 0.2) is 0 Å². The molecule has 1 atom stereocenters. The maximum atomic E-state index is 11.5. The molecule has 0 aliphatic heterocycles. The van der Waals surface area contributed by atoms with Crippen LogP contribution in [0.3, 0.4) is 0 Å². The molecule has 1 rings (SSSR count). The maximum absolute atomic E-state index is 11.5. The summed E-state index contributed by atoms with van der Waals surface area (Å²) in [5.74, 6) is -0.944. The van der Waals surface area contributed by atoms with Crippen LogP contribution >= 0.6 is 0 Å². The van der Waals surface area contributed by atoms with Crippen LogP contribution in [0.4, 0.5) is 0 Å². The average molecular weight is 249 g/mol. The topological polar surface area (TPSA) is 83.5 Å². The molecule has 5 nitrogen and oxygen atoms in total. The second kappa shape index (κ2) is 5.63. The van der Waals surface area contributed by atoms with Crippen LogP contribution in [-0.4, -0.2) is 31.3 Å². The van der Waals surface area contributed by atoms with Crippen molar-refractivity contribution in [3.05, 3.63) is 0 Å². The van der Waals surface area contributed by atoms with Crippen molar-refractivity contribution in [2.24, 2.45) is 5.92 Å². The zero-order valence-electron chi connectivity index (χ0n) is 9.48. The Hall–Kier alpha value is -0.620. The monoisotopic (exact) mass is 249 g/mol. The van der Waals surface area contributed by atoms with Crippen molar-refractivity contribution in [2.75, 3.05) is 6.54 Å². The zero-order chi connectivity index (χ0) is 12.2. The number of carbonyl (C=O) groups is 1. The molecule has 2 N–H and O–H groups in total. The Labute approximate surface area is 96.3 Å². The quantitative estimate of drug-likeness (QED) is 0.760. The highest BCUT2D eigenvalue weighted by molar-refractivity contribution is 7.90. The van der Waals surface area contributed by atoms with Crippen LogP contribution in [0.1, 0.15) is 39.0 Å². The molecule has 0 heterocycles. The van der Waals surface area contributed by atoms with Crippen molar-refractivity contribution < 1.29 is 18.3 Å². The molecule has 16 heavy (non-hydrogen) atoms. The molecule has 0 aromatic carbocycles. The van der Waals surface area contributed by atoms with Crippen LogP contribution in [0.25, 0.3) is 0 Å². The van der Waals surface area contributed by atoms with Crippen molar-refractivity contribution in [2.45, 2.75) is 44.3 Å². The van der Waals surface area contributed by atoms with E-state index in [-0.39, 0.29) is 0 Å². The Morgan fingerprint density at radius 3 is 2.44 bits per heavy atom. The van der Waals surface area contributed by atoms with Gasteiger partial charge in [0.15, 0.2) is 5.25 Å². The molecule has 94 valence electrons. The van der Waals surface area contributed by atoms with Crippen LogP contribution in [-0.2, 0) is 14.8 Å². The summed E-state index contributed by atoms with van der Waals surface area (Å²) in [6.07, 6.45) is 5.56. The zero-order valence-corrected chi connectivity index (χ0v) is 10.3. The number of hydrogen-bond donors (Lipinski definition) is 2. The molecule has 0 spiro atoms. The van der Waals surface area contributed by atoms with Gasteiger partial charge in [-0.05, 0) is 25.7 Å². The van der Waals surface area contributed by atoms with Crippen molar-refractivity contribution in [3.63, 3.8) is 0 Å². The second-order valence-electron chi connectivity index (χ2n) is 4.38. The van der Waals surface area contributed by atoms with Crippen LogP contribution < -0.4 is 4.72 Å². The van der Waals surface area contributed by atoms with Gasteiger partial charge in [0.05, 0.1) is 0 Å². The first-order valence-corrected chi connectivity index (χ1v) is 7.19. The molecule has 0 aromatic rings. The third-order valence-corrected chi connectivity index (χ3v) is 4.81. The molecule has 1 aliphatic carbocycles. The van der Waals surface area contributed by atoms with Gasteiger partial charge in [-0.2, -0.15) is 0 Å². The van der Waals surface area contributed by atoms with Gasteiger partial charge in [-0.25, -0.2) is 13.1 Å². The molecule has 0 radical (unpaired) electrons. The van der Waals surface area contributed by atoms with Crippen molar-refractivity contribution in [1.29, 1.82) is 0 Å². The SMILES string of the molecule is CC(C(=O)O)S(=O)(=O)NCC1CCCCC1. The molecule has 6 heteroatoms. The van der Waals surface area contributed by atoms with E-state index >= 15 is 0 Å². The molecular weight excluding hydrogens is 230 g/mol. The second-order valence-corrected chi connectivity index (χ2v) is 6.46. The molecule has 0 amide bonds. The van der Waals surface area contributed by atoms with Gasteiger partial charge in [-0.1, -0.05) is 19.3 Å². The Kier molecular flexibility index (Phi) is 4.73. The number of rotatable bonds is 5. The normalized spacial score (nSPS) is 20.6. The predicted octanol–water partition coefficient (Wildman–Crippen LogP) is 0.959. The number of carboxylic acid groups (broad SMARTS) is 1. The molecule has 0 aromatic heterocycles. The van der Waals surface area contributed by atoms with E-state index < -0.39 is 21.2 Å². The summed E-state index contributed by atoms with van der Waals surface area (Å²) in [5, 5.41) is 7.26. The van der Waals surface area contributed by atoms with Crippen LogP contribution in [0, 0.1) is 5.92 Å². The fraction of sp³-hybridized carbons (Fsp3) is 0.900. The molecule has 1 fully saturated rings. The van der Waals surface area contributed by atoms with Gasteiger partial charge in [0.25, 0.3) is 0 Å². The first-order chi connectivity index (χ1) is 7.43. The summed E-state index contributed by atoms with van der Waals surface area (Å²) in [6, 6.07) is 0. The Balaban J connectivity index is 2.44. The van der Waals surface area contributed by atoms with Crippen molar-refractivity contribution >= 4 is 16.0 Å². The van der Waals surface area contributed by atoms with E-state index in [0.29, 0.717) is 12.5 Å². The average Bonchev–Trinajstić information content (AvgIpc) is 2.27. The summed E-state index contributed by atoms with van der Waals surface area (Å²) in [6.45, 7) is 1.56. The van der Waals surface area contributed by atoms with E-state index in [2.05, 4.69) is 4.72 Å². The fourth-order valence-corrected chi connectivity index (χ4v) is 2.87. The number of aliphatic carboxylic acids is 1. The Morgan fingerprint density at radius 2 is 1.94 bits per heavy atom. The van der Waals surface area contributed by atoms with Crippen molar-refractivity contribution in [3.8, 4) is 0 Å². The van der Waals surface area contributed by atoms with Crippen LogP contribution in [0.2, 0.25) is 0 Å². The minimum Gasteiger partial charge on any atom is -0.480 e. The highest BCUT2D eigenvalue weighted by Gasteiger charge is 2.28. The molecule has 0 saturated heterocycles. The van der Waals surface area contributed by atoms with E-state index in [1.54, 1.807) is 0 Å². The summed E-state index contributed by atoms with van der Waals surface area (Å²) >= 11 is 0.